The number of rotatable bonds is 2. The van der Waals surface area contributed by atoms with Crippen LogP contribution in [0, 0.1) is 0 Å². The maximum atomic E-state index is 12.1. The Labute approximate surface area is 133 Å². The predicted octanol–water partition coefficient (Wildman–Crippen LogP) is 3.02. The number of hydrogen-bond acceptors (Lipinski definition) is 5. The van der Waals surface area contributed by atoms with Crippen LogP contribution in [-0.4, -0.2) is 45.3 Å². The average Bonchev–Trinajstić information content (AvgIpc) is 2.71. The zero-order chi connectivity index (χ0) is 15.6. The average molecular weight is 358 g/mol. The molecule has 7 heteroatoms. The minimum atomic E-state index is -0.491. The number of halogens is 1. The number of carbonyl (C=O) groups excluding carboxylic acids is 1. The topological polar surface area (TPSA) is 64.6 Å². The molecular formula is C14H20BrN3O3. The molecule has 0 saturated carbocycles. The van der Waals surface area contributed by atoms with Crippen LogP contribution in [0.1, 0.15) is 34.1 Å². The molecule has 2 atom stereocenters. The van der Waals surface area contributed by atoms with Crippen molar-refractivity contribution in [3.63, 3.8) is 0 Å². The van der Waals surface area contributed by atoms with Crippen LogP contribution in [0.4, 0.5) is 4.79 Å². The van der Waals surface area contributed by atoms with E-state index in [0.717, 1.165) is 6.42 Å². The van der Waals surface area contributed by atoms with Crippen LogP contribution in [-0.2, 0) is 4.74 Å². The van der Waals surface area contributed by atoms with Crippen molar-refractivity contribution in [1.29, 1.82) is 0 Å². The SMILES string of the molecule is C[C@H]1C[C@@H](Oc2cnc(Br)nc2)CN1C(=O)OC(C)(C)C. The van der Waals surface area contributed by atoms with Gasteiger partial charge >= 0.3 is 6.09 Å². The van der Waals surface area contributed by atoms with E-state index in [4.69, 9.17) is 9.47 Å². The first-order valence-corrected chi connectivity index (χ1v) is 7.68. The van der Waals surface area contributed by atoms with Crippen LogP contribution in [0.5, 0.6) is 5.75 Å². The van der Waals surface area contributed by atoms with Crippen molar-refractivity contribution in [2.45, 2.75) is 51.9 Å². The van der Waals surface area contributed by atoms with Gasteiger partial charge in [0.25, 0.3) is 0 Å². The standard InChI is InChI=1S/C14H20BrN3O3/c1-9-5-10(20-11-6-16-12(15)17-7-11)8-18(9)13(19)21-14(2,3)4/h6-7,9-10H,5,8H2,1-4H3/t9-,10+/m0/s1. The minimum Gasteiger partial charge on any atom is -0.485 e. The Bertz CT molecular complexity index is 501. The molecule has 0 aromatic carbocycles. The first-order valence-electron chi connectivity index (χ1n) is 6.88. The molecule has 1 aromatic rings. The highest BCUT2D eigenvalue weighted by molar-refractivity contribution is 9.10. The van der Waals surface area contributed by atoms with E-state index in [1.54, 1.807) is 17.3 Å². The van der Waals surface area contributed by atoms with Crippen LogP contribution in [0.25, 0.3) is 0 Å². The van der Waals surface area contributed by atoms with Crippen molar-refractivity contribution in [2.24, 2.45) is 0 Å². The zero-order valence-electron chi connectivity index (χ0n) is 12.7. The van der Waals surface area contributed by atoms with Gasteiger partial charge in [-0.15, -0.1) is 0 Å². The third-order valence-corrected chi connectivity index (χ3v) is 3.47. The molecule has 2 rings (SSSR count). The Morgan fingerprint density at radius 3 is 2.57 bits per heavy atom. The summed E-state index contributed by atoms with van der Waals surface area (Å²) >= 11 is 3.18. The van der Waals surface area contributed by atoms with E-state index in [9.17, 15) is 4.79 Å². The Balaban J connectivity index is 1.94. The van der Waals surface area contributed by atoms with E-state index in [1.165, 1.54) is 0 Å². The highest BCUT2D eigenvalue weighted by atomic mass is 79.9. The van der Waals surface area contributed by atoms with E-state index in [2.05, 4.69) is 25.9 Å². The van der Waals surface area contributed by atoms with Crippen molar-refractivity contribution in [3.8, 4) is 5.75 Å². The second-order valence-corrected chi connectivity index (χ2v) is 6.85. The van der Waals surface area contributed by atoms with Gasteiger partial charge in [-0.2, -0.15) is 0 Å². The molecule has 0 aliphatic carbocycles. The fourth-order valence-corrected chi connectivity index (χ4v) is 2.40. The molecule has 1 amide bonds. The monoisotopic (exact) mass is 357 g/mol. The summed E-state index contributed by atoms with van der Waals surface area (Å²) in [4.78, 5) is 21.9. The van der Waals surface area contributed by atoms with E-state index in [1.807, 2.05) is 27.7 Å². The number of carbonyl (C=O) groups is 1. The second-order valence-electron chi connectivity index (χ2n) is 6.15. The third kappa shape index (κ3) is 4.56. The molecule has 0 spiro atoms. The van der Waals surface area contributed by atoms with Gasteiger partial charge < -0.3 is 14.4 Å². The van der Waals surface area contributed by atoms with Crippen LogP contribution in [0.15, 0.2) is 17.1 Å². The molecule has 1 fully saturated rings. The summed E-state index contributed by atoms with van der Waals surface area (Å²) in [5.74, 6) is 0.599. The highest BCUT2D eigenvalue weighted by Crippen LogP contribution is 2.24. The summed E-state index contributed by atoms with van der Waals surface area (Å²) in [6, 6.07) is 0.0845. The second kappa shape index (κ2) is 6.17. The first kappa shape index (κ1) is 16.0. The molecular weight excluding hydrogens is 338 g/mol. The lowest BCUT2D eigenvalue weighted by Gasteiger charge is -2.26. The van der Waals surface area contributed by atoms with Gasteiger partial charge in [0.1, 0.15) is 11.7 Å². The number of amides is 1. The van der Waals surface area contributed by atoms with Crippen molar-refractivity contribution in [2.75, 3.05) is 6.54 Å². The van der Waals surface area contributed by atoms with Crippen LogP contribution in [0.2, 0.25) is 0 Å². The first-order chi connectivity index (χ1) is 9.74. The maximum Gasteiger partial charge on any atom is 0.410 e. The smallest absolute Gasteiger partial charge is 0.410 e. The van der Waals surface area contributed by atoms with Crippen molar-refractivity contribution < 1.29 is 14.3 Å². The summed E-state index contributed by atoms with van der Waals surface area (Å²) < 4.78 is 11.7. The van der Waals surface area contributed by atoms with Crippen molar-refractivity contribution in [3.05, 3.63) is 17.1 Å². The Morgan fingerprint density at radius 1 is 1.38 bits per heavy atom. The number of ether oxygens (including phenoxy) is 2. The Hall–Kier alpha value is -1.37. The van der Waals surface area contributed by atoms with E-state index < -0.39 is 5.60 Å². The summed E-state index contributed by atoms with van der Waals surface area (Å²) in [6.07, 6.45) is 3.61. The lowest BCUT2D eigenvalue weighted by Crippen LogP contribution is -2.39. The number of likely N-dealkylation sites (tertiary alicyclic amines) is 1. The van der Waals surface area contributed by atoms with Crippen LogP contribution in [0.3, 0.4) is 0 Å². The van der Waals surface area contributed by atoms with Gasteiger partial charge in [0.05, 0.1) is 18.9 Å². The highest BCUT2D eigenvalue weighted by Gasteiger charge is 2.36. The normalized spacial score (nSPS) is 22.2. The minimum absolute atomic E-state index is 0.0720. The van der Waals surface area contributed by atoms with Crippen molar-refractivity contribution >= 4 is 22.0 Å². The van der Waals surface area contributed by atoms with Crippen molar-refractivity contribution in [1.82, 2.24) is 14.9 Å². The lowest BCUT2D eigenvalue weighted by atomic mass is 10.2. The molecule has 0 bridgehead atoms. The summed E-state index contributed by atoms with van der Waals surface area (Å²) in [5, 5.41) is 0. The Kier molecular flexibility index (Phi) is 4.70. The Morgan fingerprint density at radius 2 is 2.00 bits per heavy atom. The molecule has 21 heavy (non-hydrogen) atoms. The number of nitrogens with zero attached hydrogens (tertiary/aromatic N) is 3. The maximum absolute atomic E-state index is 12.1. The quantitative estimate of drug-likeness (QED) is 0.761. The largest absolute Gasteiger partial charge is 0.485 e. The molecule has 1 aliphatic rings. The van der Waals surface area contributed by atoms with Gasteiger partial charge in [0.15, 0.2) is 10.5 Å². The lowest BCUT2D eigenvalue weighted by molar-refractivity contribution is 0.0224. The number of hydrogen-bond donors (Lipinski definition) is 0. The van der Waals surface area contributed by atoms with Gasteiger partial charge in [0.2, 0.25) is 0 Å². The van der Waals surface area contributed by atoms with Gasteiger partial charge in [-0.05, 0) is 43.6 Å². The summed E-state index contributed by atoms with van der Waals surface area (Å²) in [7, 11) is 0. The zero-order valence-corrected chi connectivity index (χ0v) is 14.3. The molecule has 0 unspecified atom stereocenters. The summed E-state index contributed by atoms with van der Waals surface area (Å²) in [5.41, 5.74) is -0.491. The third-order valence-electron chi connectivity index (χ3n) is 3.06. The van der Waals surface area contributed by atoms with E-state index in [0.29, 0.717) is 17.0 Å². The van der Waals surface area contributed by atoms with Gasteiger partial charge in [-0.25, -0.2) is 14.8 Å². The van der Waals surface area contributed by atoms with Crippen LogP contribution >= 0.6 is 15.9 Å². The molecule has 2 heterocycles. The summed E-state index contributed by atoms with van der Waals surface area (Å²) in [6.45, 7) is 8.08. The molecule has 116 valence electrons. The number of aromatic nitrogens is 2. The molecule has 6 nitrogen and oxygen atoms in total. The van der Waals surface area contributed by atoms with Gasteiger partial charge in [0, 0.05) is 12.5 Å². The van der Waals surface area contributed by atoms with Crippen LogP contribution < -0.4 is 4.74 Å². The van der Waals surface area contributed by atoms with E-state index >= 15 is 0 Å². The van der Waals surface area contributed by atoms with E-state index in [-0.39, 0.29) is 18.2 Å². The predicted molar refractivity (Wildman–Crippen MR) is 81.2 cm³/mol. The molecule has 1 aliphatic heterocycles. The molecule has 1 saturated heterocycles. The molecule has 1 aromatic heterocycles. The molecule has 0 N–H and O–H groups in total. The van der Waals surface area contributed by atoms with Gasteiger partial charge in [-0.3, -0.25) is 0 Å². The fraction of sp³-hybridized carbons (Fsp3) is 0.643. The fourth-order valence-electron chi connectivity index (χ4n) is 2.20. The van der Waals surface area contributed by atoms with Gasteiger partial charge in [-0.1, -0.05) is 0 Å². The molecule has 0 radical (unpaired) electrons.